The fourth-order valence-electron chi connectivity index (χ4n) is 3.16. The molecule has 0 spiro atoms. The Labute approximate surface area is 193 Å². The summed E-state index contributed by atoms with van der Waals surface area (Å²) in [6.45, 7) is 5.03. The van der Waals surface area contributed by atoms with E-state index in [1.807, 2.05) is 61.5 Å². The smallest absolute Gasteiger partial charge is 0.261 e. The third-order valence-electron chi connectivity index (χ3n) is 4.88. The number of hydrogen-bond donors (Lipinski definition) is 1. The lowest BCUT2D eigenvalue weighted by Crippen LogP contribution is -2.51. The van der Waals surface area contributed by atoms with Crippen LogP contribution in [0, 0.1) is 3.57 Å². The van der Waals surface area contributed by atoms with E-state index in [1.54, 1.807) is 4.90 Å². The Morgan fingerprint density at radius 3 is 2.40 bits per heavy atom. The Morgan fingerprint density at radius 2 is 1.77 bits per heavy atom. The molecule has 2 rings (SSSR count). The maximum absolute atomic E-state index is 13.1. The van der Waals surface area contributed by atoms with Gasteiger partial charge in [-0.3, -0.25) is 9.59 Å². The molecule has 0 saturated heterocycles. The van der Waals surface area contributed by atoms with Gasteiger partial charge in [-0.1, -0.05) is 50.6 Å². The zero-order valence-electron chi connectivity index (χ0n) is 17.8. The average molecular weight is 522 g/mol. The molecule has 0 aliphatic carbocycles. The van der Waals surface area contributed by atoms with Crippen LogP contribution in [-0.2, 0) is 16.0 Å². The van der Waals surface area contributed by atoms with Gasteiger partial charge in [-0.05, 0) is 71.7 Å². The molecule has 2 aromatic carbocycles. The van der Waals surface area contributed by atoms with Crippen LogP contribution >= 0.6 is 22.6 Å². The molecule has 1 N–H and O–H groups in total. The second kappa shape index (κ2) is 13.3. The van der Waals surface area contributed by atoms with Crippen LogP contribution in [0.25, 0.3) is 0 Å². The first-order valence-electron chi connectivity index (χ1n) is 10.5. The van der Waals surface area contributed by atoms with Gasteiger partial charge < -0.3 is 15.0 Å². The molecule has 30 heavy (non-hydrogen) atoms. The van der Waals surface area contributed by atoms with Crippen molar-refractivity contribution in [2.75, 3.05) is 19.7 Å². The second-order valence-corrected chi connectivity index (χ2v) is 8.38. The summed E-state index contributed by atoms with van der Waals surface area (Å²) >= 11 is 2.22. The number of carbonyl (C=O) groups excluding carboxylic acids is 2. The summed E-state index contributed by atoms with van der Waals surface area (Å²) in [5.41, 5.74) is 1.13. The highest BCUT2D eigenvalue weighted by Crippen LogP contribution is 2.15. The second-order valence-electron chi connectivity index (χ2n) is 7.13. The number of halogens is 1. The van der Waals surface area contributed by atoms with Crippen LogP contribution in [0.1, 0.15) is 38.7 Å². The lowest BCUT2D eigenvalue weighted by molar-refractivity contribution is -0.142. The van der Waals surface area contributed by atoms with Gasteiger partial charge in [-0.2, -0.15) is 0 Å². The van der Waals surface area contributed by atoms with Gasteiger partial charge in [0.1, 0.15) is 11.8 Å². The van der Waals surface area contributed by atoms with E-state index in [-0.39, 0.29) is 18.4 Å². The molecule has 6 heteroatoms. The molecule has 0 heterocycles. The highest BCUT2D eigenvalue weighted by atomic mass is 127. The van der Waals surface area contributed by atoms with Crippen LogP contribution in [0.2, 0.25) is 0 Å². The van der Waals surface area contributed by atoms with Crippen molar-refractivity contribution < 1.29 is 14.3 Å². The molecule has 162 valence electrons. The van der Waals surface area contributed by atoms with Crippen molar-refractivity contribution in [3.8, 4) is 5.75 Å². The van der Waals surface area contributed by atoms with Crippen LogP contribution in [-0.4, -0.2) is 42.5 Å². The molecule has 2 aromatic rings. The third-order valence-corrected chi connectivity index (χ3v) is 5.59. The molecule has 0 radical (unpaired) electrons. The summed E-state index contributed by atoms with van der Waals surface area (Å²) < 4.78 is 6.80. The minimum absolute atomic E-state index is 0.0892. The first kappa shape index (κ1) is 24.2. The van der Waals surface area contributed by atoms with Gasteiger partial charge in [0, 0.05) is 16.7 Å². The SMILES string of the molecule is CCCCNC(=O)[C@@H](CC)N(CCc1ccccc1)C(=O)COc1ccc(I)cc1. The highest BCUT2D eigenvalue weighted by molar-refractivity contribution is 14.1. The molecule has 1 atom stereocenters. The minimum atomic E-state index is -0.501. The topological polar surface area (TPSA) is 58.6 Å². The maximum atomic E-state index is 13.1. The van der Waals surface area contributed by atoms with Gasteiger partial charge in [0.15, 0.2) is 6.61 Å². The average Bonchev–Trinajstić information content (AvgIpc) is 2.76. The highest BCUT2D eigenvalue weighted by Gasteiger charge is 2.28. The first-order valence-corrected chi connectivity index (χ1v) is 11.6. The summed E-state index contributed by atoms with van der Waals surface area (Å²) in [5, 5.41) is 2.97. The molecular formula is C24H31IN2O3. The predicted molar refractivity (Wildman–Crippen MR) is 129 cm³/mol. The van der Waals surface area contributed by atoms with Crippen molar-refractivity contribution in [1.82, 2.24) is 10.2 Å². The Kier molecular flexibility index (Phi) is 10.7. The van der Waals surface area contributed by atoms with E-state index in [4.69, 9.17) is 4.74 Å². The van der Waals surface area contributed by atoms with E-state index in [0.29, 0.717) is 31.7 Å². The Balaban J connectivity index is 2.08. The Bertz CT molecular complexity index is 781. The number of nitrogens with one attached hydrogen (secondary N) is 1. The van der Waals surface area contributed by atoms with E-state index in [9.17, 15) is 9.59 Å². The van der Waals surface area contributed by atoms with Crippen molar-refractivity contribution in [2.45, 2.75) is 45.6 Å². The van der Waals surface area contributed by atoms with Crippen LogP contribution in [0.4, 0.5) is 0 Å². The van der Waals surface area contributed by atoms with Gasteiger partial charge in [0.25, 0.3) is 5.91 Å². The lowest BCUT2D eigenvalue weighted by atomic mass is 10.1. The van der Waals surface area contributed by atoms with E-state index in [0.717, 1.165) is 22.0 Å². The molecule has 0 aliphatic heterocycles. The van der Waals surface area contributed by atoms with E-state index in [2.05, 4.69) is 34.8 Å². The Hall–Kier alpha value is -2.09. The first-order chi connectivity index (χ1) is 14.5. The molecule has 2 amide bonds. The molecule has 0 bridgehead atoms. The molecule has 0 saturated carbocycles. The summed E-state index contributed by atoms with van der Waals surface area (Å²) in [4.78, 5) is 27.5. The number of nitrogens with zero attached hydrogens (tertiary/aromatic N) is 1. The lowest BCUT2D eigenvalue weighted by Gasteiger charge is -2.30. The van der Waals surface area contributed by atoms with Crippen LogP contribution in [0.5, 0.6) is 5.75 Å². The van der Waals surface area contributed by atoms with Gasteiger partial charge in [-0.25, -0.2) is 0 Å². The summed E-state index contributed by atoms with van der Waals surface area (Å²) in [5.74, 6) is 0.371. The number of carbonyl (C=O) groups is 2. The number of benzene rings is 2. The van der Waals surface area contributed by atoms with Gasteiger partial charge in [0.2, 0.25) is 5.91 Å². The minimum Gasteiger partial charge on any atom is -0.484 e. The van der Waals surface area contributed by atoms with Crippen LogP contribution in [0.15, 0.2) is 54.6 Å². The van der Waals surface area contributed by atoms with Crippen LogP contribution in [0.3, 0.4) is 0 Å². The standard InChI is InChI=1S/C24H31IN2O3/c1-3-5-16-26-24(29)22(4-2)27(17-15-19-9-7-6-8-10-19)23(28)18-30-21-13-11-20(25)12-14-21/h6-14,22H,3-5,15-18H2,1-2H3,(H,26,29)/t22-/m1/s1. The van der Waals surface area contributed by atoms with Gasteiger partial charge in [-0.15, -0.1) is 0 Å². The molecule has 0 fully saturated rings. The molecule has 0 aliphatic rings. The number of unbranched alkanes of at least 4 members (excludes halogenated alkanes) is 1. The zero-order valence-corrected chi connectivity index (χ0v) is 19.9. The van der Waals surface area contributed by atoms with Crippen molar-refractivity contribution in [2.24, 2.45) is 0 Å². The molecule has 5 nitrogen and oxygen atoms in total. The number of ether oxygens (including phenoxy) is 1. The quantitative estimate of drug-likeness (QED) is 0.332. The fourth-order valence-corrected chi connectivity index (χ4v) is 3.52. The van der Waals surface area contributed by atoms with E-state index < -0.39 is 6.04 Å². The summed E-state index contributed by atoms with van der Waals surface area (Å²) in [6, 6.07) is 17.1. The summed E-state index contributed by atoms with van der Waals surface area (Å²) in [7, 11) is 0. The van der Waals surface area contributed by atoms with Gasteiger partial charge >= 0.3 is 0 Å². The Morgan fingerprint density at radius 1 is 1.07 bits per heavy atom. The van der Waals surface area contributed by atoms with Crippen molar-refractivity contribution in [3.05, 3.63) is 63.7 Å². The zero-order chi connectivity index (χ0) is 21.8. The maximum Gasteiger partial charge on any atom is 0.261 e. The summed E-state index contributed by atoms with van der Waals surface area (Å²) in [6.07, 6.45) is 3.19. The predicted octanol–water partition coefficient (Wildman–Crippen LogP) is 4.44. The molecule has 0 aromatic heterocycles. The van der Waals surface area contributed by atoms with Gasteiger partial charge in [0.05, 0.1) is 0 Å². The number of hydrogen-bond acceptors (Lipinski definition) is 3. The normalized spacial score (nSPS) is 11.6. The largest absolute Gasteiger partial charge is 0.484 e. The number of amides is 2. The fraction of sp³-hybridized carbons (Fsp3) is 0.417. The van der Waals surface area contributed by atoms with E-state index >= 15 is 0 Å². The van der Waals surface area contributed by atoms with E-state index in [1.165, 1.54) is 0 Å². The monoisotopic (exact) mass is 522 g/mol. The van der Waals surface area contributed by atoms with Crippen molar-refractivity contribution in [1.29, 1.82) is 0 Å². The van der Waals surface area contributed by atoms with Crippen LogP contribution < -0.4 is 10.1 Å². The van der Waals surface area contributed by atoms with Crippen molar-refractivity contribution in [3.63, 3.8) is 0 Å². The molecule has 0 unspecified atom stereocenters. The van der Waals surface area contributed by atoms with Crippen molar-refractivity contribution >= 4 is 34.4 Å². The number of rotatable bonds is 12. The third kappa shape index (κ3) is 7.97. The molecular weight excluding hydrogens is 491 g/mol.